The van der Waals surface area contributed by atoms with Crippen LogP contribution in [-0.2, 0) is 17.7 Å². The highest BCUT2D eigenvalue weighted by Crippen LogP contribution is 2.16. The van der Waals surface area contributed by atoms with E-state index < -0.39 is 0 Å². The lowest BCUT2D eigenvalue weighted by Crippen LogP contribution is -2.43. The van der Waals surface area contributed by atoms with E-state index in [1.54, 1.807) is 14.2 Å². The fourth-order valence-electron chi connectivity index (χ4n) is 1.60. The summed E-state index contributed by atoms with van der Waals surface area (Å²) >= 11 is 1.84. The molecule has 4 nitrogen and oxygen atoms in total. The smallest absolute Gasteiger partial charge is 0.191 e. The number of nitrogens with one attached hydrogen (secondary N) is 2. The summed E-state index contributed by atoms with van der Waals surface area (Å²) < 4.78 is 5.09. The standard InChI is InChI=1S/C13H23N3OS/c1-5-11-6-7-12(18-11)8-15-13(14-3)16-10(2)9-17-4/h6-7,10H,5,8-9H2,1-4H3,(H2,14,15,16). The first kappa shape index (κ1) is 15.0. The maximum Gasteiger partial charge on any atom is 0.191 e. The summed E-state index contributed by atoms with van der Waals surface area (Å²) in [5, 5.41) is 6.58. The van der Waals surface area contributed by atoms with E-state index in [1.807, 2.05) is 11.3 Å². The minimum absolute atomic E-state index is 0.246. The molecule has 5 heteroatoms. The Morgan fingerprint density at radius 3 is 2.72 bits per heavy atom. The van der Waals surface area contributed by atoms with Gasteiger partial charge in [0.05, 0.1) is 13.2 Å². The Hall–Kier alpha value is -1.07. The average Bonchev–Trinajstić information content (AvgIpc) is 2.82. The lowest BCUT2D eigenvalue weighted by Gasteiger charge is -2.16. The predicted molar refractivity (Wildman–Crippen MR) is 78.4 cm³/mol. The topological polar surface area (TPSA) is 45.7 Å². The summed E-state index contributed by atoms with van der Waals surface area (Å²) in [4.78, 5) is 6.94. The van der Waals surface area contributed by atoms with Crippen LogP contribution in [0.15, 0.2) is 17.1 Å². The zero-order chi connectivity index (χ0) is 13.4. The molecule has 1 rings (SSSR count). The second-order valence-corrected chi connectivity index (χ2v) is 5.40. The van der Waals surface area contributed by atoms with Gasteiger partial charge < -0.3 is 15.4 Å². The van der Waals surface area contributed by atoms with Crippen molar-refractivity contribution in [2.45, 2.75) is 32.9 Å². The highest BCUT2D eigenvalue weighted by Gasteiger charge is 2.05. The van der Waals surface area contributed by atoms with Gasteiger partial charge in [-0.25, -0.2) is 0 Å². The van der Waals surface area contributed by atoms with Gasteiger partial charge in [0.25, 0.3) is 0 Å². The summed E-state index contributed by atoms with van der Waals surface area (Å²) in [6.07, 6.45) is 1.10. The number of hydrogen-bond acceptors (Lipinski definition) is 3. The fourth-order valence-corrected chi connectivity index (χ4v) is 2.50. The van der Waals surface area contributed by atoms with Crippen LogP contribution in [0, 0.1) is 0 Å². The Labute approximate surface area is 113 Å². The predicted octanol–water partition coefficient (Wildman–Crippen LogP) is 2.01. The van der Waals surface area contributed by atoms with Crippen molar-refractivity contribution in [1.29, 1.82) is 0 Å². The van der Waals surface area contributed by atoms with Gasteiger partial charge in [-0.1, -0.05) is 6.92 Å². The minimum Gasteiger partial charge on any atom is -0.383 e. The third kappa shape index (κ3) is 5.06. The molecular formula is C13H23N3OS. The molecule has 0 aliphatic rings. The third-order valence-corrected chi connectivity index (χ3v) is 3.75. The van der Waals surface area contributed by atoms with Crippen LogP contribution < -0.4 is 10.6 Å². The van der Waals surface area contributed by atoms with Crippen molar-refractivity contribution >= 4 is 17.3 Å². The van der Waals surface area contributed by atoms with E-state index in [4.69, 9.17) is 4.74 Å². The van der Waals surface area contributed by atoms with Gasteiger partial charge in [0, 0.05) is 30.0 Å². The van der Waals surface area contributed by atoms with Crippen molar-refractivity contribution in [3.05, 3.63) is 21.9 Å². The molecule has 1 atom stereocenters. The van der Waals surface area contributed by atoms with E-state index in [2.05, 4.69) is 41.6 Å². The molecule has 102 valence electrons. The molecular weight excluding hydrogens is 246 g/mol. The summed E-state index contributed by atoms with van der Waals surface area (Å²) in [7, 11) is 3.48. The van der Waals surface area contributed by atoms with Gasteiger partial charge >= 0.3 is 0 Å². The Kier molecular flexibility index (Phi) is 6.75. The van der Waals surface area contributed by atoms with E-state index in [-0.39, 0.29) is 6.04 Å². The number of ether oxygens (including phenoxy) is 1. The van der Waals surface area contributed by atoms with Gasteiger partial charge in [0.15, 0.2) is 5.96 Å². The molecule has 0 saturated carbocycles. The quantitative estimate of drug-likeness (QED) is 0.613. The minimum atomic E-state index is 0.246. The molecule has 0 saturated heterocycles. The molecule has 0 amide bonds. The number of thiophene rings is 1. The highest BCUT2D eigenvalue weighted by atomic mass is 32.1. The summed E-state index contributed by atoms with van der Waals surface area (Å²) in [5.74, 6) is 0.811. The largest absolute Gasteiger partial charge is 0.383 e. The summed E-state index contributed by atoms with van der Waals surface area (Å²) in [5.41, 5.74) is 0. The van der Waals surface area contributed by atoms with Crippen molar-refractivity contribution < 1.29 is 4.74 Å². The molecule has 0 aromatic carbocycles. The Balaban J connectivity index is 2.40. The summed E-state index contributed by atoms with van der Waals surface area (Å²) in [6, 6.07) is 4.60. The maximum absolute atomic E-state index is 5.09. The van der Waals surface area contributed by atoms with Gasteiger partial charge in [0.2, 0.25) is 0 Å². The molecule has 0 bridgehead atoms. The first-order valence-electron chi connectivity index (χ1n) is 6.23. The zero-order valence-corrected chi connectivity index (χ0v) is 12.4. The molecule has 2 N–H and O–H groups in total. The van der Waals surface area contributed by atoms with Crippen LogP contribution in [0.2, 0.25) is 0 Å². The molecule has 0 spiro atoms. The first-order chi connectivity index (χ1) is 8.69. The zero-order valence-electron chi connectivity index (χ0n) is 11.6. The van der Waals surface area contributed by atoms with Crippen molar-refractivity contribution in [2.75, 3.05) is 20.8 Å². The van der Waals surface area contributed by atoms with Gasteiger partial charge in [-0.3, -0.25) is 4.99 Å². The van der Waals surface area contributed by atoms with Gasteiger partial charge in [-0.2, -0.15) is 0 Å². The van der Waals surface area contributed by atoms with E-state index in [9.17, 15) is 0 Å². The number of hydrogen-bond donors (Lipinski definition) is 2. The number of nitrogens with zero attached hydrogens (tertiary/aromatic N) is 1. The Morgan fingerprint density at radius 2 is 2.17 bits per heavy atom. The Morgan fingerprint density at radius 1 is 1.44 bits per heavy atom. The second kappa shape index (κ2) is 8.11. The van der Waals surface area contributed by atoms with Crippen molar-refractivity contribution in [3.63, 3.8) is 0 Å². The fraction of sp³-hybridized carbons (Fsp3) is 0.615. The molecule has 0 fully saturated rings. The van der Waals surface area contributed by atoms with Crippen LogP contribution in [0.5, 0.6) is 0 Å². The van der Waals surface area contributed by atoms with E-state index >= 15 is 0 Å². The molecule has 1 aromatic heterocycles. The van der Waals surface area contributed by atoms with E-state index in [1.165, 1.54) is 9.75 Å². The molecule has 1 heterocycles. The second-order valence-electron chi connectivity index (χ2n) is 4.15. The van der Waals surface area contributed by atoms with E-state index in [0.29, 0.717) is 6.61 Å². The average molecular weight is 269 g/mol. The maximum atomic E-state index is 5.09. The lowest BCUT2D eigenvalue weighted by molar-refractivity contribution is 0.179. The van der Waals surface area contributed by atoms with Crippen LogP contribution >= 0.6 is 11.3 Å². The normalized spacial score (nSPS) is 13.4. The van der Waals surface area contributed by atoms with Crippen molar-refractivity contribution in [1.82, 2.24) is 10.6 Å². The number of aryl methyl sites for hydroxylation is 1. The van der Waals surface area contributed by atoms with Gasteiger partial charge in [-0.05, 0) is 25.5 Å². The number of aliphatic imine (C=N–C) groups is 1. The van der Waals surface area contributed by atoms with Gasteiger partial charge in [-0.15, -0.1) is 11.3 Å². The van der Waals surface area contributed by atoms with Crippen LogP contribution in [0.1, 0.15) is 23.6 Å². The van der Waals surface area contributed by atoms with Crippen LogP contribution in [0.25, 0.3) is 0 Å². The summed E-state index contributed by atoms with van der Waals surface area (Å²) in [6.45, 7) is 5.72. The lowest BCUT2D eigenvalue weighted by atomic mass is 10.3. The molecule has 1 unspecified atom stereocenters. The monoisotopic (exact) mass is 269 g/mol. The molecule has 1 aromatic rings. The molecule has 0 aliphatic heterocycles. The van der Waals surface area contributed by atoms with E-state index in [0.717, 1.165) is 18.9 Å². The van der Waals surface area contributed by atoms with Gasteiger partial charge in [0.1, 0.15) is 0 Å². The van der Waals surface area contributed by atoms with Crippen molar-refractivity contribution in [2.24, 2.45) is 4.99 Å². The van der Waals surface area contributed by atoms with Crippen LogP contribution in [-0.4, -0.2) is 32.8 Å². The molecule has 18 heavy (non-hydrogen) atoms. The third-order valence-electron chi connectivity index (χ3n) is 2.52. The number of rotatable bonds is 6. The van der Waals surface area contributed by atoms with Crippen LogP contribution in [0.3, 0.4) is 0 Å². The highest BCUT2D eigenvalue weighted by molar-refractivity contribution is 7.11. The SMILES string of the molecule is CCc1ccc(CNC(=NC)NC(C)COC)s1. The number of methoxy groups -OCH3 is 1. The molecule has 0 radical (unpaired) electrons. The molecule has 0 aliphatic carbocycles. The Bertz CT molecular complexity index is 376. The number of guanidine groups is 1. The van der Waals surface area contributed by atoms with Crippen molar-refractivity contribution in [3.8, 4) is 0 Å². The first-order valence-corrected chi connectivity index (χ1v) is 7.05. The van der Waals surface area contributed by atoms with Crippen LogP contribution in [0.4, 0.5) is 0 Å².